The summed E-state index contributed by atoms with van der Waals surface area (Å²) in [5, 5.41) is 2.62. The molecule has 1 N–H and O–H groups in total. The summed E-state index contributed by atoms with van der Waals surface area (Å²) >= 11 is 3.15. The molecule has 1 amide bonds. The molecule has 2 rings (SSSR count). The van der Waals surface area contributed by atoms with E-state index < -0.39 is 26.0 Å². The Kier molecular flexibility index (Phi) is 5.73. The van der Waals surface area contributed by atoms with Gasteiger partial charge in [0.1, 0.15) is 5.69 Å². The number of sulfonamides is 2. The number of hydrogen-bond donors (Lipinski definition) is 1. The summed E-state index contributed by atoms with van der Waals surface area (Å²) in [6.45, 7) is 1.76. The largest absolute Gasteiger partial charge is 0.321 e. The quantitative estimate of drug-likeness (QED) is 0.729. The zero-order chi connectivity index (χ0) is 19.7. The second-order valence-corrected chi connectivity index (χ2v) is 10.3. The number of hydrogen-bond acceptors (Lipinski definition) is 6. The van der Waals surface area contributed by atoms with Crippen molar-refractivity contribution < 1.29 is 21.6 Å². The Morgan fingerprint density at radius 3 is 2.19 bits per heavy atom. The molecule has 1 aromatic heterocycles. The zero-order valence-corrected chi connectivity index (χ0v) is 17.3. The average Bonchev–Trinajstić information content (AvgIpc) is 2.47. The molecule has 0 aliphatic heterocycles. The van der Waals surface area contributed by atoms with Gasteiger partial charge in [0.25, 0.3) is 5.91 Å². The van der Waals surface area contributed by atoms with E-state index in [-0.39, 0.29) is 15.9 Å². The zero-order valence-electron chi connectivity index (χ0n) is 14.1. The van der Waals surface area contributed by atoms with Gasteiger partial charge >= 0.3 is 0 Å². The van der Waals surface area contributed by atoms with E-state index in [0.717, 1.165) is 12.5 Å². The molecule has 0 fully saturated rings. The maximum absolute atomic E-state index is 12.2. The van der Waals surface area contributed by atoms with Crippen molar-refractivity contribution in [3.63, 3.8) is 0 Å². The minimum absolute atomic E-state index is 0.0818. The Hall–Kier alpha value is -1.98. The highest BCUT2D eigenvalue weighted by atomic mass is 79.9. The Morgan fingerprint density at radius 1 is 1.08 bits per heavy atom. The molecule has 1 heterocycles. The topological polar surface area (TPSA) is 114 Å². The third kappa shape index (κ3) is 4.80. The van der Waals surface area contributed by atoms with Crippen molar-refractivity contribution in [3.8, 4) is 0 Å². The molecule has 0 spiro atoms. The van der Waals surface area contributed by atoms with Crippen LogP contribution in [0.4, 0.5) is 11.4 Å². The lowest BCUT2D eigenvalue weighted by molar-refractivity contribution is 0.102. The molecule has 0 saturated heterocycles. The van der Waals surface area contributed by atoms with Gasteiger partial charge in [-0.05, 0) is 53.2 Å². The number of anilines is 2. The first-order valence-electron chi connectivity index (χ1n) is 7.14. The fraction of sp³-hybridized carbons (Fsp3) is 0.200. The van der Waals surface area contributed by atoms with Crippen LogP contribution >= 0.6 is 15.9 Å². The van der Waals surface area contributed by atoms with Gasteiger partial charge < -0.3 is 5.32 Å². The predicted octanol–water partition coefficient (Wildman–Crippen LogP) is 2.13. The fourth-order valence-electron chi connectivity index (χ4n) is 2.20. The van der Waals surface area contributed by atoms with Crippen LogP contribution < -0.4 is 9.03 Å². The molecule has 0 bridgehead atoms. The maximum Gasteiger partial charge on any atom is 0.274 e. The average molecular weight is 462 g/mol. The molecular weight excluding hydrogens is 446 g/mol. The van der Waals surface area contributed by atoms with Gasteiger partial charge in [0.15, 0.2) is 0 Å². The summed E-state index contributed by atoms with van der Waals surface area (Å²) < 4.78 is 47.9. The first kappa shape index (κ1) is 20.3. The lowest BCUT2D eigenvalue weighted by Gasteiger charge is -2.21. The molecule has 0 aliphatic rings. The highest BCUT2D eigenvalue weighted by Gasteiger charge is 2.29. The van der Waals surface area contributed by atoms with Crippen LogP contribution in [0.3, 0.4) is 0 Å². The molecule has 1 aromatic carbocycles. The van der Waals surface area contributed by atoms with Gasteiger partial charge in [0.05, 0.1) is 18.2 Å². The molecule has 0 atom stereocenters. The normalized spacial score (nSPS) is 11.8. The highest BCUT2D eigenvalue weighted by molar-refractivity contribution is 9.10. The molecular formula is C15H16BrN3O5S2. The number of carbonyl (C=O) groups is 1. The summed E-state index contributed by atoms with van der Waals surface area (Å²) in [6, 6.07) is 9.11. The van der Waals surface area contributed by atoms with Crippen molar-refractivity contribution in [1.29, 1.82) is 0 Å². The molecule has 26 heavy (non-hydrogen) atoms. The van der Waals surface area contributed by atoms with Gasteiger partial charge in [0, 0.05) is 15.9 Å². The Labute approximate surface area is 160 Å². The summed E-state index contributed by atoms with van der Waals surface area (Å²) in [5.41, 5.74) is 1.17. The summed E-state index contributed by atoms with van der Waals surface area (Å²) in [5.74, 6) is -0.448. The number of pyridine rings is 1. The van der Waals surface area contributed by atoms with E-state index >= 15 is 0 Å². The van der Waals surface area contributed by atoms with Crippen molar-refractivity contribution in [2.45, 2.75) is 6.92 Å². The van der Waals surface area contributed by atoms with Crippen LogP contribution in [0.25, 0.3) is 0 Å². The van der Waals surface area contributed by atoms with Gasteiger partial charge in [-0.25, -0.2) is 21.8 Å². The number of rotatable bonds is 5. The van der Waals surface area contributed by atoms with E-state index in [0.29, 0.717) is 15.1 Å². The number of nitrogens with zero attached hydrogens (tertiary/aromatic N) is 2. The summed E-state index contributed by atoms with van der Waals surface area (Å²) in [6.07, 6.45) is 1.58. The Morgan fingerprint density at radius 2 is 1.69 bits per heavy atom. The van der Waals surface area contributed by atoms with Crippen LogP contribution in [0.2, 0.25) is 0 Å². The molecule has 0 radical (unpaired) electrons. The number of benzene rings is 1. The smallest absolute Gasteiger partial charge is 0.274 e. The van der Waals surface area contributed by atoms with E-state index in [1.165, 1.54) is 18.2 Å². The standard InChI is InChI=1S/C15H16BrN3O5S2/c1-10-5-4-6-13(17-10)15(20)18-11-7-8-14(12(16)9-11)19(25(2,21)22)26(3,23)24/h4-9H,1-3H3,(H,18,20). The first-order chi connectivity index (χ1) is 11.9. The van der Waals surface area contributed by atoms with Crippen molar-refractivity contribution in [1.82, 2.24) is 4.98 Å². The fourth-order valence-corrected chi connectivity index (χ4v) is 5.99. The lowest BCUT2D eigenvalue weighted by atomic mass is 10.2. The molecule has 2 aromatic rings. The minimum atomic E-state index is -4.06. The van der Waals surface area contributed by atoms with E-state index in [9.17, 15) is 21.6 Å². The Bertz CT molecular complexity index is 1040. The van der Waals surface area contributed by atoms with Crippen molar-refractivity contribution in [2.75, 3.05) is 21.5 Å². The summed E-state index contributed by atoms with van der Waals surface area (Å²) in [4.78, 5) is 16.3. The molecule has 140 valence electrons. The predicted molar refractivity (Wildman–Crippen MR) is 103 cm³/mol. The van der Waals surface area contributed by atoms with Gasteiger partial charge in [-0.3, -0.25) is 4.79 Å². The van der Waals surface area contributed by atoms with E-state index in [4.69, 9.17) is 0 Å². The van der Waals surface area contributed by atoms with Crippen molar-refractivity contribution in [2.24, 2.45) is 0 Å². The second-order valence-electron chi connectivity index (χ2n) is 5.51. The number of halogens is 1. The van der Waals surface area contributed by atoms with Crippen molar-refractivity contribution >= 4 is 53.3 Å². The molecule has 8 nitrogen and oxygen atoms in total. The third-order valence-electron chi connectivity index (χ3n) is 3.13. The first-order valence-corrected chi connectivity index (χ1v) is 11.6. The van der Waals surface area contributed by atoms with Crippen LogP contribution in [0.1, 0.15) is 16.2 Å². The van der Waals surface area contributed by atoms with E-state index in [2.05, 4.69) is 26.2 Å². The SMILES string of the molecule is Cc1cccc(C(=O)Nc2ccc(N(S(C)(=O)=O)S(C)(=O)=O)c(Br)c2)n1. The van der Waals surface area contributed by atoms with E-state index in [1.807, 2.05) is 0 Å². The van der Waals surface area contributed by atoms with Crippen LogP contribution in [-0.2, 0) is 20.0 Å². The van der Waals surface area contributed by atoms with E-state index in [1.54, 1.807) is 25.1 Å². The minimum Gasteiger partial charge on any atom is -0.321 e. The number of amides is 1. The van der Waals surface area contributed by atoms with Crippen LogP contribution in [0, 0.1) is 6.92 Å². The van der Waals surface area contributed by atoms with Crippen LogP contribution in [-0.4, -0.2) is 40.2 Å². The number of nitrogens with one attached hydrogen (secondary N) is 1. The second kappa shape index (κ2) is 7.33. The molecule has 0 saturated carbocycles. The van der Waals surface area contributed by atoms with Gasteiger partial charge in [-0.1, -0.05) is 6.07 Å². The monoisotopic (exact) mass is 461 g/mol. The number of aryl methyl sites for hydroxylation is 1. The third-order valence-corrected chi connectivity index (χ3v) is 6.98. The highest BCUT2D eigenvalue weighted by Crippen LogP contribution is 2.32. The molecule has 0 unspecified atom stereocenters. The van der Waals surface area contributed by atoms with Gasteiger partial charge in [-0.15, -0.1) is 0 Å². The van der Waals surface area contributed by atoms with Gasteiger partial charge in [0.2, 0.25) is 20.0 Å². The Balaban J connectivity index is 2.36. The van der Waals surface area contributed by atoms with Crippen LogP contribution in [0.15, 0.2) is 40.9 Å². The summed E-state index contributed by atoms with van der Waals surface area (Å²) in [7, 11) is -8.13. The lowest BCUT2D eigenvalue weighted by Crippen LogP contribution is -2.35. The van der Waals surface area contributed by atoms with Gasteiger partial charge in [-0.2, -0.15) is 3.71 Å². The van der Waals surface area contributed by atoms with Crippen molar-refractivity contribution in [3.05, 3.63) is 52.3 Å². The number of aromatic nitrogens is 1. The maximum atomic E-state index is 12.2. The van der Waals surface area contributed by atoms with Crippen LogP contribution in [0.5, 0.6) is 0 Å². The molecule has 0 aliphatic carbocycles. The number of carbonyl (C=O) groups excluding carboxylic acids is 1. The molecule has 11 heteroatoms.